The SMILES string of the molecule is O=C(NC1CCN(C(=O)C2CCN(c3ccccc3Br)C2=O)CC1)C1CCCCC1. The molecule has 2 saturated heterocycles. The number of hydrogen-bond donors (Lipinski definition) is 1. The molecule has 2 aliphatic heterocycles. The van der Waals surface area contributed by atoms with Crippen molar-refractivity contribution in [2.45, 2.75) is 57.4 Å². The lowest BCUT2D eigenvalue weighted by atomic mass is 9.88. The summed E-state index contributed by atoms with van der Waals surface area (Å²) in [7, 11) is 0. The normalized spacial score (nSPS) is 23.6. The lowest BCUT2D eigenvalue weighted by molar-refractivity contribution is -0.140. The molecule has 1 unspecified atom stereocenters. The van der Waals surface area contributed by atoms with Gasteiger partial charge in [0.05, 0.1) is 5.69 Å². The molecule has 3 fully saturated rings. The molecule has 0 aromatic heterocycles. The molecule has 2 heterocycles. The van der Waals surface area contributed by atoms with Crippen LogP contribution in [0.15, 0.2) is 28.7 Å². The van der Waals surface area contributed by atoms with E-state index in [0.29, 0.717) is 26.1 Å². The van der Waals surface area contributed by atoms with E-state index >= 15 is 0 Å². The van der Waals surface area contributed by atoms with E-state index < -0.39 is 5.92 Å². The zero-order chi connectivity index (χ0) is 21.1. The average Bonchev–Trinajstić information content (AvgIpc) is 3.16. The summed E-state index contributed by atoms with van der Waals surface area (Å²) in [6.07, 6.45) is 7.62. The first-order chi connectivity index (χ1) is 14.5. The zero-order valence-electron chi connectivity index (χ0n) is 17.3. The summed E-state index contributed by atoms with van der Waals surface area (Å²) < 4.78 is 0.862. The second-order valence-electron chi connectivity index (χ2n) is 8.73. The van der Waals surface area contributed by atoms with E-state index in [0.717, 1.165) is 48.7 Å². The van der Waals surface area contributed by atoms with Crippen molar-refractivity contribution >= 4 is 39.3 Å². The van der Waals surface area contributed by atoms with Crippen molar-refractivity contribution < 1.29 is 14.4 Å². The average molecular weight is 476 g/mol. The number of hydrogen-bond acceptors (Lipinski definition) is 3. The lowest BCUT2D eigenvalue weighted by Gasteiger charge is -2.34. The van der Waals surface area contributed by atoms with Gasteiger partial charge in [0.2, 0.25) is 17.7 Å². The summed E-state index contributed by atoms with van der Waals surface area (Å²) in [5, 5.41) is 3.20. The Balaban J connectivity index is 1.29. The minimum Gasteiger partial charge on any atom is -0.353 e. The first kappa shape index (κ1) is 21.3. The minimum atomic E-state index is -0.592. The van der Waals surface area contributed by atoms with Crippen molar-refractivity contribution in [3.05, 3.63) is 28.7 Å². The molecule has 1 aromatic rings. The molecule has 1 aliphatic carbocycles. The molecule has 6 nitrogen and oxygen atoms in total. The van der Waals surface area contributed by atoms with Gasteiger partial charge in [0, 0.05) is 36.1 Å². The van der Waals surface area contributed by atoms with Crippen LogP contribution in [0.4, 0.5) is 5.69 Å². The van der Waals surface area contributed by atoms with Gasteiger partial charge in [-0.05, 0) is 60.2 Å². The van der Waals surface area contributed by atoms with Crippen LogP contribution in [-0.4, -0.2) is 48.3 Å². The summed E-state index contributed by atoms with van der Waals surface area (Å²) in [6.45, 7) is 1.77. The number of piperidine rings is 1. The van der Waals surface area contributed by atoms with E-state index in [2.05, 4.69) is 21.2 Å². The van der Waals surface area contributed by atoms with E-state index in [4.69, 9.17) is 0 Å². The maximum absolute atomic E-state index is 13.0. The van der Waals surface area contributed by atoms with Crippen LogP contribution in [-0.2, 0) is 14.4 Å². The predicted molar refractivity (Wildman–Crippen MR) is 119 cm³/mol. The summed E-state index contributed by atoms with van der Waals surface area (Å²) in [4.78, 5) is 42.0. The Hall–Kier alpha value is -1.89. The standard InChI is InChI=1S/C23H30BrN3O3/c24-19-8-4-5-9-20(19)27-15-12-18(23(27)30)22(29)26-13-10-17(11-14-26)25-21(28)16-6-2-1-3-7-16/h4-5,8-9,16-18H,1-3,6-7,10-15H2,(H,25,28). The van der Waals surface area contributed by atoms with E-state index in [-0.39, 0.29) is 29.7 Å². The van der Waals surface area contributed by atoms with Crippen molar-refractivity contribution in [1.82, 2.24) is 10.2 Å². The summed E-state index contributed by atoms with van der Waals surface area (Å²) in [6, 6.07) is 7.75. The molecule has 3 amide bonds. The molecular weight excluding hydrogens is 446 g/mol. The van der Waals surface area contributed by atoms with Crippen LogP contribution in [0.25, 0.3) is 0 Å². The molecule has 7 heteroatoms. The number of anilines is 1. The van der Waals surface area contributed by atoms with Crippen molar-refractivity contribution in [1.29, 1.82) is 0 Å². The van der Waals surface area contributed by atoms with Crippen LogP contribution in [0.2, 0.25) is 0 Å². The van der Waals surface area contributed by atoms with Gasteiger partial charge in [-0.1, -0.05) is 31.4 Å². The molecule has 1 saturated carbocycles. The van der Waals surface area contributed by atoms with Crippen LogP contribution in [0, 0.1) is 11.8 Å². The number of nitrogens with one attached hydrogen (secondary N) is 1. The molecule has 3 aliphatic rings. The van der Waals surface area contributed by atoms with Gasteiger partial charge in [-0.3, -0.25) is 14.4 Å². The van der Waals surface area contributed by atoms with Crippen LogP contribution in [0.3, 0.4) is 0 Å². The highest BCUT2D eigenvalue weighted by atomic mass is 79.9. The Kier molecular flexibility index (Phi) is 6.76. The van der Waals surface area contributed by atoms with Crippen LogP contribution in [0.5, 0.6) is 0 Å². The number of rotatable bonds is 4. The summed E-state index contributed by atoms with van der Waals surface area (Å²) in [5.41, 5.74) is 0.821. The number of para-hydroxylation sites is 1. The summed E-state index contributed by atoms with van der Waals surface area (Å²) >= 11 is 3.50. The molecule has 30 heavy (non-hydrogen) atoms. The maximum atomic E-state index is 13.0. The smallest absolute Gasteiger partial charge is 0.239 e. The Morgan fingerprint density at radius 3 is 2.33 bits per heavy atom. The van der Waals surface area contributed by atoms with Crippen LogP contribution in [0.1, 0.15) is 51.4 Å². The van der Waals surface area contributed by atoms with Gasteiger partial charge < -0.3 is 15.1 Å². The third-order valence-corrected chi connectivity index (χ3v) is 7.45. The van der Waals surface area contributed by atoms with Gasteiger partial charge >= 0.3 is 0 Å². The molecule has 0 radical (unpaired) electrons. The number of carbonyl (C=O) groups excluding carboxylic acids is 3. The predicted octanol–water partition coefficient (Wildman–Crippen LogP) is 3.49. The first-order valence-electron chi connectivity index (χ1n) is 11.2. The third kappa shape index (κ3) is 4.56. The lowest BCUT2D eigenvalue weighted by Crippen LogP contribution is -2.50. The molecule has 0 bridgehead atoms. The Labute approximate surface area is 186 Å². The van der Waals surface area contributed by atoms with Crippen molar-refractivity contribution in [3.63, 3.8) is 0 Å². The fourth-order valence-corrected chi connectivity index (χ4v) is 5.47. The number of benzene rings is 1. The number of carbonyl (C=O) groups is 3. The van der Waals surface area contributed by atoms with Gasteiger partial charge in [0.25, 0.3) is 0 Å². The fraction of sp³-hybridized carbons (Fsp3) is 0.609. The second kappa shape index (κ2) is 9.50. The molecule has 1 atom stereocenters. The Bertz CT molecular complexity index is 801. The largest absolute Gasteiger partial charge is 0.353 e. The van der Waals surface area contributed by atoms with E-state index in [1.165, 1.54) is 6.42 Å². The maximum Gasteiger partial charge on any atom is 0.239 e. The fourth-order valence-electron chi connectivity index (χ4n) is 4.97. The highest BCUT2D eigenvalue weighted by Gasteiger charge is 2.41. The number of halogens is 1. The zero-order valence-corrected chi connectivity index (χ0v) is 18.9. The van der Waals surface area contributed by atoms with E-state index in [9.17, 15) is 14.4 Å². The van der Waals surface area contributed by atoms with Crippen molar-refractivity contribution in [2.75, 3.05) is 24.5 Å². The highest BCUT2D eigenvalue weighted by molar-refractivity contribution is 9.10. The quantitative estimate of drug-likeness (QED) is 0.677. The monoisotopic (exact) mass is 475 g/mol. The van der Waals surface area contributed by atoms with Crippen molar-refractivity contribution in [2.24, 2.45) is 11.8 Å². The Morgan fingerprint density at radius 2 is 1.63 bits per heavy atom. The van der Waals surface area contributed by atoms with Gasteiger partial charge in [-0.15, -0.1) is 0 Å². The van der Waals surface area contributed by atoms with Crippen LogP contribution < -0.4 is 10.2 Å². The molecule has 4 rings (SSSR count). The number of likely N-dealkylation sites (tertiary alicyclic amines) is 1. The van der Waals surface area contributed by atoms with Crippen LogP contribution >= 0.6 is 15.9 Å². The highest BCUT2D eigenvalue weighted by Crippen LogP contribution is 2.32. The number of amides is 3. The van der Waals surface area contributed by atoms with Gasteiger partial charge in [-0.2, -0.15) is 0 Å². The summed E-state index contributed by atoms with van der Waals surface area (Å²) in [5.74, 6) is -0.413. The molecule has 1 N–H and O–H groups in total. The van der Waals surface area contributed by atoms with Crippen molar-refractivity contribution in [3.8, 4) is 0 Å². The molecule has 1 aromatic carbocycles. The topological polar surface area (TPSA) is 69.7 Å². The van der Waals surface area contributed by atoms with Gasteiger partial charge in [0.15, 0.2) is 0 Å². The number of nitrogens with zero attached hydrogens (tertiary/aromatic N) is 2. The second-order valence-corrected chi connectivity index (χ2v) is 9.58. The Morgan fingerprint density at radius 1 is 0.933 bits per heavy atom. The third-order valence-electron chi connectivity index (χ3n) is 6.78. The van der Waals surface area contributed by atoms with E-state index in [1.807, 2.05) is 29.2 Å². The van der Waals surface area contributed by atoms with Gasteiger partial charge in [-0.25, -0.2) is 0 Å². The molecular formula is C23H30BrN3O3. The van der Waals surface area contributed by atoms with E-state index in [1.54, 1.807) is 4.90 Å². The molecule has 162 valence electrons. The van der Waals surface area contributed by atoms with Gasteiger partial charge in [0.1, 0.15) is 5.92 Å². The first-order valence-corrected chi connectivity index (χ1v) is 12.0. The molecule has 0 spiro atoms. The minimum absolute atomic E-state index is 0.0633.